The van der Waals surface area contributed by atoms with Crippen LogP contribution in [0.25, 0.3) is 0 Å². The van der Waals surface area contributed by atoms with Crippen LogP contribution >= 0.6 is 15.9 Å². The third-order valence-electron chi connectivity index (χ3n) is 2.41. The van der Waals surface area contributed by atoms with Gasteiger partial charge in [-0.1, -0.05) is 15.9 Å². The lowest BCUT2D eigenvalue weighted by atomic mass is 10.1. The average Bonchev–Trinajstić information content (AvgIpc) is 2.23. The molecule has 112 valence electrons. The molecule has 1 unspecified atom stereocenters. The van der Waals surface area contributed by atoms with Gasteiger partial charge in [0.15, 0.2) is 0 Å². The number of rotatable bonds is 4. The first-order valence-corrected chi connectivity index (χ1v) is 7.13. The summed E-state index contributed by atoms with van der Waals surface area (Å²) in [5.74, 6) is -0.331. The van der Waals surface area contributed by atoms with Crippen LogP contribution in [0.3, 0.4) is 0 Å². The number of ether oxygens (including phenoxy) is 1. The van der Waals surface area contributed by atoms with Crippen LogP contribution in [0.1, 0.15) is 26.3 Å². The van der Waals surface area contributed by atoms with Crippen molar-refractivity contribution in [1.82, 2.24) is 5.32 Å². The fraction of sp³-hybridized carbons (Fsp3) is 0.500. The monoisotopic (exact) mass is 346 g/mol. The second kappa shape index (κ2) is 7.04. The number of carbonyl (C=O) groups is 1. The van der Waals surface area contributed by atoms with E-state index < -0.39 is 11.7 Å². The Balaban J connectivity index is 2.65. The van der Waals surface area contributed by atoms with E-state index in [2.05, 4.69) is 21.2 Å². The van der Waals surface area contributed by atoms with Crippen molar-refractivity contribution in [2.45, 2.75) is 38.8 Å². The normalized spacial score (nSPS) is 12.9. The molecule has 1 atom stereocenters. The molecular formula is C14H20BrFN2O2. The van der Waals surface area contributed by atoms with Crippen molar-refractivity contribution in [2.24, 2.45) is 5.73 Å². The van der Waals surface area contributed by atoms with E-state index in [-0.39, 0.29) is 18.4 Å². The smallest absolute Gasteiger partial charge is 0.407 e. The molecule has 0 saturated carbocycles. The molecule has 4 nitrogen and oxygen atoms in total. The predicted molar refractivity (Wildman–Crippen MR) is 80.0 cm³/mol. The molecule has 0 saturated heterocycles. The molecule has 0 spiro atoms. The van der Waals surface area contributed by atoms with Gasteiger partial charge in [0, 0.05) is 17.1 Å². The van der Waals surface area contributed by atoms with Crippen LogP contribution in [0.2, 0.25) is 0 Å². The molecule has 0 heterocycles. The molecule has 0 aliphatic rings. The molecular weight excluding hydrogens is 327 g/mol. The Morgan fingerprint density at radius 3 is 2.60 bits per heavy atom. The van der Waals surface area contributed by atoms with Crippen LogP contribution < -0.4 is 11.1 Å². The summed E-state index contributed by atoms with van der Waals surface area (Å²) in [6, 6.07) is 4.29. The maximum atomic E-state index is 13.3. The fourth-order valence-electron chi connectivity index (χ4n) is 1.68. The maximum absolute atomic E-state index is 13.3. The molecule has 6 heteroatoms. The summed E-state index contributed by atoms with van der Waals surface area (Å²) in [7, 11) is 0. The van der Waals surface area contributed by atoms with Gasteiger partial charge in [0.05, 0.1) is 0 Å². The van der Waals surface area contributed by atoms with Gasteiger partial charge in [-0.25, -0.2) is 9.18 Å². The quantitative estimate of drug-likeness (QED) is 0.880. The minimum atomic E-state index is -0.564. The summed E-state index contributed by atoms with van der Waals surface area (Å²) in [6.07, 6.45) is -0.0880. The molecule has 0 bridgehead atoms. The number of halogens is 2. The van der Waals surface area contributed by atoms with Crippen LogP contribution in [-0.2, 0) is 11.2 Å². The van der Waals surface area contributed by atoms with E-state index in [0.717, 1.165) is 5.56 Å². The van der Waals surface area contributed by atoms with E-state index in [1.165, 1.54) is 12.1 Å². The Kier molecular flexibility index (Phi) is 5.95. The largest absolute Gasteiger partial charge is 0.444 e. The molecule has 0 aromatic heterocycles. The first kappa shape index (κ1) is 16.9. The second-order valence-corrected chi connectivity index (χ2v) is 6.48. The number of hydrogen-bond donors (Lipinski definition) is 2. The number of benzene rings is 1. The molecule has 0 fully saturated rings. The molecule has 3 N–H and O–H groups in total. The van der Waals surface area contributed by atoms with Gasteiger partial charge in [-0.15, -0.1) is 0 Å². The van der Waals surface area contributed by atoms with Crippen molar-refractivity contribution in [1.29, 1.82) is 0 Å². The predicted octanol–water partition coefficient (Wildman–Crippen LogP) is 2.98. The van der Waals surface area contributed by atoms with Crippen molar-refractivity contribution < 1.29 is 13.9 Å². The van der Waals surface area contributed by atoms with E-state index in [4.69, 9.17) is 10.5 Å². The lowest BCUT2D eigenvalue weighted by molar-refractivity contribution is 0.0506. The summed E-state index contributed by atoms with van der Waals surface area (Å²) in [5.41, 5.74) is 5.82. The van der Waals surface area contributed by atoms with Crippen molar-refractivity contribution in [3.63, 3.8) is 0 Å². The number of hydrogen-bond acceptors (Lipinski definition) is 3. The highest BCUT2D eigenvalue weighted by atomic mass is 79.9. The van der Waals surface area contributed by atoms with Gasteiger partial charge >= 0.3 is 6.09 Å². The standard InChI is InChI=1S/C14H20BrFN2O2/c1-14(2,3)20-13(19)18-12(8-17)6-9-4-10(15)7-11(16)5-9/h4-5,7,12H,6,8,17H2,1-3H3,(H,18,19). The molecule has 0 aliphatic heterocycles. The molecule has 1 aromatic rings. The zero-order valence-electron chi connectivity index (χ0n) is 11.9. The van der Waals surface area contributed by atoms with Crippen LogP contribution in [0.4, 0.5) is 9.18 Å². The Labute approximate surface area is 127 Å². The Bertz CT molecular complexity index is 454. The lowest BCUT2D eigenvalue weighted by Crippen LogP contribution is -2.44. The minimum Gasteiger partial charge on any atom is -0.444 e. The summed E-state index contributed by atoms with van der Waals surface area (Å²) in [5, 5.41) is 2.69. The topological polar surface area (TPSA) is 64.3 Å². The van der Waals surface area contributed by atoms with Crippen molar-refractivity contribution in [3.8, 4) is 0 Å². The van der Waals surface area contributed by atoms with E-state index in [0.29, 0.717) is 10.9 Å². The molecule has 0 radical (unpaired) electrons. The Morgan fingerprint density at radius 1 is 1.45 bits per heavy atom. The number of carbonyl (C=O) groups excluding carboxylic acids is 1. The van der Waals surface area contributed by atoms with Gasteiger partial charge in [0.25, 0.3) is 0 Å². The zero-order chi connectivity index (χ0) is 15.3. The summed E-state index contributed by atoms with van der Waals surface area (Å²) in [6.45, 7) is 5.60. The van der Waals surface area contributed by atoms with Gasteiger partial charge in [0.2, 0.25) is 0 Å². The second-order valence-electron chi connectivity index (χ2n) is 5.56. The van der Waals surface area contributed by atoms with Gasteiger partial charge < -0.3 is 15.8 Å². The highest BCUT2D eigenvalue weighted by Gasteiger charge is 2.19. The van der Waals surface area contributed by atoms with Crippen molar-refractivity contribution in [2.75, 3.05) is 6.54 Å². The zero-order valence-corrected chi connectivity index (χ0v) is 13.5. The highest BCUT2D eigenvalue weighted by Crippen LogP contribution is 2.16. The van der Waals surface area contributed by atoms with E-state index in [1.54, 1.807) is 26.8 Å². The highest BCUT2D eigenvalue weighted by molar-refractivity contribution is 9.10. The Morgan fingerprint density at radius 2 is 2.10 bits per heavy atom. The van der Waals surface area contributed by atoms with Gasteiger partial charge in [-0.2, -0.15) is 0 Å². The van der Waals surface area contributed by atoms with Crippen LogP contribution in [-0.4, -0.2) is 24.3 Å². The SMILES string of the molecule is CC(C)(C)OC(=O)NC(CN)Cc1cc(F)cc(Br)c1. The maximum Gasteiger partial charge on any atom is 0.407 e. The van der Waals surface area contributed by atoms with Gasteiger partial charge in [-0.3, -0.25) is 0 Å². The first-order chi connectivity index (χ1) is 9.19. The molecule has 1 rings (SSSR count). The van der Waals surface area contributed by atoms with Gasteiger partial charge in [-0.05, 0) is 51.0 Å². The fourth-order valence-corrected chi connectivity index (χ4v) is 2.19. The number of alkyl carbamates (subject to hydrolysis) is 1. The third kappa shape index (κ3) is 6.34. The van der Waals surface area contributed by atoms with Crippen molar-refractivity contribution in [3.05, 3.63) is 34.1 Å². The molecule has 0 aliphatic carbocycles. The summed E-state index contributed by atoms with van der Waals surface area (Å²) < 4.78 is 19.1. The summed E-state index contributed by atoms with van der Waals surface area (Å²) >= 11 is 3.23. The minimum absolute atomic E-state index is 0.243. The van der Waals surface area contributed by atoms with E-state index >= 15 is 0 Å². The van der Waals surface area contributed by atoms with E-state index in [1.807, 2.05) is 0 Å². The lowest BCUT2D eigenvalue weighted by Gasteiger charge is -2.23. The molecule has 1 aromatic carbocycles. The van der Waals surface area contributed by atoms with Crippen LogP contribution in [0.15, 0.2) is 22.7 Å². The first-order valence-electron chi connectivity index (χ1n) is 6.34. The summed E-state index contributed by atoms with van der Waals surface area (Å²) in [4.78, 5) is 11.7. The molecule has 1 amide bonds. The number of nitrogens with one attached hydrogen (secondary N) is 1. The molecule has 20 heavy (non-hydrogen) atoms. The average molecular weight is 347 g/mol. The van der Waals surface area contributed by atoms with Crippen LogP contribution in [0, 0.1) is 5.82 Å². The van der Waals surface area contributed by atoms with Crippen LogP contribution in [0.5, 0.6) is 0 Å². The van der Waals surface area contributed by atoms with E-state index in [9.17, 15) is 9.18 Å². The van der Waals surface area contributed by atoms with Gasteiger partial charge in [0.1, 0.15) is 11.4 Å². The van der Waals surface area contributed by atoms with Crippen molar-refractivity contribution >= 4 is 22.0 Å². The number of nitrogens with two attached hydrogens (primary N) is 1. The Hall–Kier alpha value is -1.14. The number of amides is 1. The third-order valence-corrected chi connectivity index (χ3v) is 2.87.